The van der Waals surface area contributed by atoms with Gasteiger partial charge in [-0.3, -0.25) is 19.5 Å². The van der Waals surface area contributed by atoms with Crippen LogP contribution in [0.2, 0.25) is 5.02 Å². The van der Waals surface area contributed by atoms with Crippen molar-refractivity contribution in [3.63, 3.8) is 0 Å². The number of ether oxygens (including phenoxy) is 1. The van der Waals surface area contributed by atoms with Gasteiger partial charge in [0.2, 0.25) is 5.75 Å². The van der Waals surface area contributed by atoms with E-state index in [9.17, 15) is 38.0 Å². The first kappa shape index (κ1) is 27.5. The minimum atomic E-state index is -5.08. The normalized spacial score (nSPS) is 15.7. The molecule has 0 bridgehead atoms. The molecule has 4 rings (SSSR count). The number of benzene rings is 2. The third-order valence-corrected chi connectivity index (χ3v) is 7.04. The fourth-order valence-electron chi connectivity index (χ4n) is 3.80. The average Bonchev–Trinajstić information content (AvgIpc) is 3.15. The lowest BCUT2D eigenvalue weighted by molar-refractivity contribution is -0.385. The Balaban J connectivity index is 2.07. The Morgan fingerprint density at radius 2 is 2.00 bits per heavy atom. The largest absolute Gasteiger partial charge is 0.502 e. The monoisotopic (exact) mass is 631 g/mol. The van der Waals surface area contributed by atoms with Gasteiger partial charge in [-0.2, -0.15) is 13.2 Å². The number of thiazole rings is 1. The lowest BCUT2D eigenvalue weighted by Gasteiger charge is -2.26. The lowest BCUT2D eigenvalue weighted by atomic mass is 9.95. The highest BCUT2D eigenvalue weighted by molar-refractivity contribution is 9.10. The number of carbonyl (C=O) groups is 1. The molecule has 1 atom stereocenters. The molecule has 0 unspecified atom stereocenters. The quantitative estimate of drug-likeness (QED) is 0.253. The highest BCUT2D eigenvalue weighted by Gasteiger charge is 2.45. The molecule has 0 saturated carbocycles. The van der Waals surface area contributed by atoms with Crippen molar-refractivity contribution >= 4 is 56.6 Å². The Hall–Kier alpha value is -3.49. The first-order chi connectivity index (χ1) is 17.8. The van der Waals surface area contributed by atoms with Crippen LogP contribution in [-0.4, -0.2) is 33.3 Å². The van der Waals surface area contributed by atoms with E-state index in [1.54, 1.807) is 0 Å². The molecule has 2 aromatic carbocycles. The predicted octanol–water partition coefficient (Wildman–Crippen LogP) is 4.37. The molecule has 0 fully saturated rings. The van der Waals surface area contributed by atoms with Crippen molar-refractivity contribution in [2.45, 2.75) is 19.1 Å². The lowest BCUT2D eigenvalue weighted by Crippen LogP contribution is -2.41. The number of fused-ring (bicyclic) bond motifs is 1. The number of hydrogen-bond acceptors (Lipinski definition) is 8. The fraction of sp³-hybridized carbons (Fsp3) is 0.174. The number of aromatic nitrogens is 1. The molecular weight excluding hydrogens is 619 g/mol. The molecular formula is C23H14BrClF3N3O6S. The number of phenolic OH excluding ortho intramolecular Hbond substituents is 1. The van der Waals surface area contributed by atoms with Crippen LogP contribution in [0.1, 0.15) is 24.1 Å². The molecule has 1 aliphatic heterocycles. The number of hydrogen-bond donors (Lipinski definition) is 1. The van der Waals surface area contributed by atoms with E-state index in [-0.39, 0.29) is 36.6 Å². The zero-order valence-corrected chi connectivity index (χ0v) is 22.1. The smallest absolute Gasteiger partial charge is 0.434 e. The molecule has 0 aliphatic carbocycles. The summed E-state index contributed by atoms with van der Waals surface area (Å²) in [6, 6.07) is 6.28. The highest BCUT2D eigenvalue weighted by atomic mass is 79.9. The number of nitro groups is 1. The van der Waals surface area contributed by atoms with Crippen LogP contribution in [0.4, 0.5) is 18.9 Å². The fourth-order valence-corrected chi connectivity index (χ4v) is 5.38. The summed E-state index contributed by atoms with van der Waals surface area (Å²) in [6.45, 7) is 1.19. The van der Waals surface area contributed by atoms with Crippen LogP contribution in [0.25, 0.3) is 6.08 Å². The maximum Gasteiger partial charge on any atom is 0.434 e. The number of aromatic hydroxyl groups is 1. The van der Waals surface area contributed by atoms with Crippen molar-refractivity contribution in [2.75, 3.05) is 6.61 Å². The van der Waals surface area contributed by atoms with Gasteiger partial charge in [-0.1, -0.05) is 51.0 Å². The second-order valence-corrected chi connectivity index (χ2v) is 10.1. The molecule has 0 radical (unpaired) electrons. The topological polar surface area (TPSA) is 124 Å². The number of nitrogens with zero attached hydrogens (tertiary/aromatic N) is 3. The van der Waals surface area contributed by atoms with E-state index < -0.39 is 51.4 Å². The van der Waals surface area contributed by atoms with Crippen molar-refractivity contribution in [1.29, 1.82) is 0 Å². The Kier molecular flexibility index (Phi) is 7.50. The second-order valence-electron chi connectivity index (χ2n) is 7.73. The van der Waals surface area contributed by atoms with Gasteiger partial charge in [0.25, 0.3) is 5.56 Å². The van der Waals surface area contributed by atoms with E-state index in [0.717, 1.165) is 16.7 Å². The van der Waals surface area contributed by atoms with Crippen LogP contribution in [0, 0.1) is 10.1 Å². The van der Waals surface area contributed by atoms with E-state index >= 15 is 0 Å². The molecule has 1 N–H and O–H groups in total. The highest BCUT2D eigenvalue weighted by Crippen LogP contribution is 2.39. The standard InChI is InChI=1S/C23H14BrClF3N3O6S/c1-2-37-21(34)16-17(10-3-5-13(25)6-4-10)30-20(33)15(38-22(30)29-19(16)23(26,27)28)8-11-7-12(24)9-14(18(11)32)31(35)36/h3-9,17,32H,2H2,1H3/b15-8-/t17-/m0/s1. The SMILES string of the molecule is CCOC(=O)C1=C(C(F)(F)F)N=c2s/c(=C\c3cc(Br)cc([N+](=O)[O-])c3O)c(=O)n2[C@H]1c1ccc(Cl)cc1. The summed E-state index contributed by atoms with van der Waals surface area (Å²) in [7, 11) is 0. The number of carbonyl (C=O) groups excluding carboxylic acids is 1. The number of esters is 1. The summed E-state index contributed by atoms with van der Waals surface area (Å²) < 4.78 is 48.2. The summed E-state index contributed by atoms with van der Waals surface area (Å²) in [5, 5.41) is 21.9. The van der Waals surface area contributed by atoms with Crippen molar-refractivity contribution in [2.24, 2.45) is 4.99 Å². The molecule has 0 saturated heterocycles. The Labute approximate surface area is 228 Å². The van der Waals surface area contributed by atoms with Gasteiger partial charge in [0.15, 0.2) is 10.5 Å². The number of halogens is 5. The maximum atomic E-state index is 14.1. The van der Waals surface area contributed by atoms with Crippen LogP contribution in [0.5, 0.6) is 5.75 Å². The first-order valence-corrected chi connectivity index (χ1v) is 12.5. The summed E-state index contributed by atoms with van der Waals surface area (Å²) in [4.78, 5) is 40.0. The van der Waals surface area contributed by atoms with E-state index in [4.69, 9.17) is 16.3 Å². The zero-order valence-electron chi connectivity index (χ0n) is 19.0. The molecule has 198 valence electrons. The van der Waals surface area contributed by atoms with Crippen LogP contribution in [-0.2, 0) is 9.53 Å². The van der Waals surface area contributed by atoms with Gasteiger partial charge in [-0.25, -0.2) is 9.79 Å². The van der Waals surface area contributed by atoms with Crippen LogP contribution in [0.15, 0.2) is 61.9 Å². The average molecular weight is 633 g/mol. The Bertz CT molecular complexity index is 1680. The number of allylic oxidation sites excluding steroid dienone is 1. The summed E-state index contributed by atoms with van der Waals surface area (Å²) in [5.41, 5.74) is -3.92. The van der Waals surface area contributed by atoms with Crippen LogP contribution in [0.3, 0.4) is 0 Å². The van der Waals surface area contributed by atoms with Crippen LogP contribution >= 0.6 is 38.9 Å². The van der Waals surface area contributed by atoms with E-state index in [1.807, 2.05) is 0 Å². The second kappa shape index (κ2) is 10.3. The molecule has 38 heavy (non-hydrogen) atoms. The molecule has 9 nitrogen and oxygen atoms in total. The van der Waals surface area contributed by atoms with E-state index in [0.29, 0.717) is 11.3 Å². The number of rotatable bonds is 5. The molecule has 15 heteroatoms. The van der Waals surface area contributed by atoms with Crippen molar-refractivity contribution in [3.8, 4) is 5.75 Å². The third-order valence-electron chi connectivity index (χ3n) is 5.35. The maximum absolute atomic E-state index is 14.1. The summed E-state index contributed by atoms with van der Waals surface area (Å²) in [6.07, 6.45) is -3.98. The number of phenols is 1. The Morgan fingerprint density at radius 3 is 2.58 bits per heavy atom. The zero-order chi connectivity index (χ0) is 27.9. The van der Waals surface area contributed by atoms with Gasteiger partial charge >= 0.3 is 17.8 Å². The van der Waals surface area contributed by atoms with Gasteiger partial charge in [0.05, 0.1) is 27.7 Å². The van der Waals surface area contributed by atoms with Crippen molar-refractivity contribution in [3.05, 3.63) is 98.1 Å². The number of alkyl halides is 3. The number of nitro benzene ring substituents is 1. The van der Waals surface area contributed by atoms with Crippen LogP contribution < -0.4 is 14.9 Å². The van der Waals surface area contributed by atoms with E-state index in [1.165, 1.54) is 37.3 Å². The predicted molar refractivity (Wildman–Crippen MR) is 135 cm³/mol. The minimum absolute atomic E-state index is 0.128. The van der Waals surface area contributed by atoms with Gasteiger partial charge in [-0.15, -0.1) is 0 Å². The molecule has 2 heterocycles. The van der Waals surface area contributed by atoms with Gasteiger partial charge in [-0.05, 0) is 36.8 Å². The van der Waals surface area contributed by atoms with E-state index in [2.05, 4.69) is 20.9 Å². The van der Waals surface area contributed by atoms with Gasteiger partial charge in [0.1, 0.15) is 0 Å². The summed E-state index contributed by atoms with van der Waals surface area (Å²) in [5.74, 6) is -2.06. The first-order valence-electron chi connectivity index (χ1n) is 10.6. The molecule has 1 aliphatic rings. The third kappa shape index (κ3) is 5.11. The van der Waals surface area contributed by atoms with Gasteiger partial charge < -0.3 is 9.84 Å². The molecule has 0 amide bonds. The molecule has 0 spiro atoms. The van der Waals surface area contributed by atoms with Crippen molar-refractivity contribution in [1.82, 2.24) is 4.57 Å². The molecule has 3 aromatic rings. The summed E-state index contributed by atoms with van der Waals surface area (Å²) >= 11 is 9.58. The Morgan fingerprint density at radius 1 is 1.34 bits per heavy atom. The van der Waals surface area contributed by atoms with Gasteiger partial charge in [0, 0.05) is 21.1 Å². The minimum Gasteiger partial charge on any atom is -0.502 e. The van der Waals surface area contributed by atoms with Crippen molar-refractivity contribution < 1.29 is 32.7 Å². The molecule has 1 aromatic heterocycles.